The van der Waals surface area contributed by atoms with Gasteiger partial charge in [0.1, 0.15) is 6.04 Å². The average Bonchev–Trinajstić information content (AvgIpc) is 2.90. The van der Waals surface area contributed by atoms with Crippen LogP contribution in [0.1, 0.15) is 59.4 Å². The molecule has 1 aromatic carbocycles. The minimum absolute atomic E-state index is 0. The summed E-state index contributed by atoms with van der Waals surface area (Å²) in [5.41, 5.74) is 6.79. The van der Waals surface area contributed by atoms with Gasteiger partial charge >= 0.3 is 0 Å². The maximum Gasteiger partial charge on any atom is 0.255 e. The first kappa shape index (κ1) is 21.8. The van der Waals surface area contributed by atoms with Crippen LogP contribution in [0.3, 0.4) is 0 Å². The van der Waals surface area contributed by atoms with Gasteiger partial charge in [0.15, 0.2) is 0 Å². The number of fused-ring (bicyclic) bond motifs is 1. The summed E-state index contributed by atoms with van der Waals surface area (Å²) in [6.45, 7) is 4.51. The highest BCUT2D eigenvalue weighted by molar-refractivity contribution is 6.06. The number of rotatable bonds is 5. The van der Waals surface area contributed by atoms with E-state index in [-0.39, 0.29) is 43.1 Å². The summed E-state index contributed by atoms with van der Waals surface area (Å²) in [5.74, 6) is -1.26. The van der Waals surface area contributed by atoms with Crippen LogP contribution in [0.15, 0.2) is 18.2 Å². The fraction of sp³-hybridized carbons (Fsp3) is 0.474. The van der Waals surface area contributed by atoms with Crippen molar-refractivity contribution in [2.45, 2.75) is 51.2 Å². The van der Waals surface area contributed by atoms with Crippen LogP contribution in [0.25, 0.3) is 0 Å². The molecule has 0 saturated carbocycles. The number of carbonyl (C=O) groups is 4. The van der Waals surface area contributed by atoms with Gasteiger partial charge in [-0.15, -0.1) is 12.4 Å². The lowest BCUT2D eigenvalue weighted by molar-refractivity contribution is -0.136. The van der Waals surface area contributed by atoms with Gasteiger partial charge in [-0.1, -0.05) is 0 Å². The van der Waals surface area contributed by atoms with Crippen molar-refractivity contribution < 1.29 is 19.2 Å². The van der Waals surface area contributed by atoms with Crippen molar-refractivity contribution in [1.82, 2.24) is 15.5 Å². The zero-order chi connectivity index (χ0) is 19.8. The highest BCUT2D eigenvalue weighted by Gasteiger charge is 2.39. The number of nitrogens with one attached hydrogen (secondary N) is 2. The summed E-state index contributed by atoms with van der Waals surface area (Å²) in [5, 5.41) is 5.22. The number of nitrogens with two attached hydrogens (primary N) is 1. The molecule has 4 amide bonds. The van der Waals surface area contributed by atoms with Crippen molar-refractivity contribution in [3.63, 3.8) is 0 Å². The van der Waals surface area contributed by atoms with Gasteiger partial charge in [-0.3, -0.25) is 24.5 Å². The number of amides is 4. The minimum atomic E-state index is -0.664. The molecule has 2 aliphatic rings. The largest absolute Gasteiger partial charge is 0.347 e. The topological polar surface area (TPSA) is 122 Å². The minimum Gasteiger partial charge on any atom is -0.347 e. The molecule has 4 N–H and O–H groups in total. The van der Waals surface area contributed by atoms with E-state index in [0.717, 1.165) is 0 Å². The normalized spacial score (nSPS) is 19.0. The molecular weight excluding hydrogens is 384 g/mol. The van der Waals surface area contributed by atoms with Crippen molar-refractivity contribution in [3.05, 3.63) is 34.9 Å². The molecule has 2 heterocycles. The highest BCUT2D eigenvalue weighted by Crippen LogP contribution is 2.28. The third kappa shape index (κ3) is 4.34. The zero-order valence-electron chi connectivity index (χ0n) is 15.9. The van der Waals surface area contributed by atoms with Crippen LogP contribution in [-0.2, 0) is 16.1 Å². The predicted molar refractivity (Wildman–Crippen MR) is 105 cm³/mol. The van der Waals surface area contributed by atoms with E-state index in [1.807, 2.05) is 13.8 Å². The smallest absolute Gasteiger partial charge is 0.255 e. The van der Waals surface area contributed by atoms with Crippen LogP contribution in [-0.4, -0.2) is 46.7 Å². The first-order valence-electron chi connectivity index (χ1n) is 9.02. The van der Waals surface area contributed by atoms with Crippen LogP contribution in [0.2, 0.25) is 0 Å². The zero-order valence-corrected chi connectivity index (χ0v) is 16.7. The van der Waals surface area contributed by atoms with Crippen LogP contribution >= 0.6 is 12.4 Å². The predicted octanol–water partition coefficient (Wildman–Crippen LogP) is 0.727. The monoisotopic (exact) mass is 408 g/mol. The Bertz CT molecular complexity index is 824. The number of imide groups is 1. The second-order valence-corrected chi connectivity index (χ2v) is 7.65. The molecule has 8 nitrogen and oxygen atoms in total. The Balaban J connectivity index is 0.00000280. The van der Waals surface area contributed by atoms with Crippen molar-refractivity contribution in [1.29, 1.82) is 0 Å². The second-order valence-electron chi connectivity index (χ2n) is 7.65. The van der Waals surface area contributed by atoms with Crippen LogP contribution in [0, 0.1) is 0 Å². The van der Waals surface area contributed by atoms with Crippen molar-refractivity contribution in [3.8, 4) is 0 Å². The molecule has 3 rings (SSSR count). The van der Waals surface area contributed by atoms with Gasteiger partial charge in [0.2, 0.25) is 11.8 Å². The van der Waals surface area contributed by atoms with Crippen molar-refractivity contribution in [2.24, 2.45) is 5.73 Å². The third-order valence-electron chi connectivity index (χ3n) is 5.01. The maximum absolute atomic E-state index is 12.7. The Morgan fingerprint density at radius 3 is 2.68 bits per heavy atom. The summed E-state index contributed by atoms with van der Waals surface area (Å²) in [4.78, 5) is 50.1. The van der Waals surface area contributed by atoms with E-state index in [4.69, 9.17) is 5.73 Å². The van der Waals surface area contributed by atoms with Gasteiger partial charge < -0.3 is 16.0 Å². The molecule has 1 saturated heterocycles. The first-order chi connectivity index (χ1) is 12.7. The van der Waals surface area contributed by atoms with Crippen LogP contribution < -0.4 is 16.4 Å². The number of carbonyl (C=O) groups excluding carboxylic acids is 4. The molecule has 0 aromatic heterocycles. The van der Waals surface area contributed by atoms with E-state index in [1.54, 1.807) is 18.2 Å². The van der Waals surface area contributed by atoms with Crippen LogP contribution in [0.5, 0.6) is 0 Å². The Hall–Kier alpha value is -2.45. The lowest BCUT2D eigenvalue weighted by atomic mass is 9.99. The Morgan fingerprint density at radius 2 is 2.04 bits per heavy atom. The molecule has 0 aliphatic carbocycles. The van der Waals surface area contributed by atoms with Gasteiger partial charge in [-0.25, -0.2) is 0 Å². The number of piperidine rings is 1. The molecule has 1 aromatic rings. The number of nitrogens with zero attached hydrogens (tertiary/aromatic N) is 1. The van der Waals surface area contributed by atoms with Gasteiger partial charge in [0, 0.05) is 29.6 Å². The number of benzene rings is 1. The average molecular weight is 409 g/mol. The molecule has 9 heteroatoms. The van der Waals surface area contributed by atoms with E-state index >= 15 is 0 Å². The lowest BCUT2D eigenvalue weighted by Gasteiger charge is -2.29. The molecule has 28 heavy (non-hydrogen) atoms. The molecule has 2 aliphatic heterocycles. The molecular formula is C19H25ClN4O4. The fourth-order valence-corrected chi connectivity index (χ4v) is 3.52. The van der Waals surface area contributed by atoms with Gasteiger partial charge in [0.05, 0.1) is 0 Å². The fourth-order valence-electron chi connectivity index (χ4n) is 3.52. The SMILES string of the molecule is CC(C)(CCN)NC(=O)c1ccc2c(c1)CN(C1CCC(=O)NC1=O)C2=O.Cl. The first-order valence-corrected chi connectivity index (χ1v) is 9.02. The van der Waals surface area contributed by atoms with Gasteiger partial charge in [-0.05, 0) is 57.0 Å². The molecule has 1 unspecified atom stereocenters. The number of hydrogen-bond donors (Lipinski definition) is 3. The maximum atomic E-state index is 12.7. The summed E-state index contributed by atoms with van der Waals surface area (Å²) in [6, 6.07) is 4.25. The van der Waals surface area contributed by atoms with Crippen LogP contribution in [0.4, 0.5) is 0 Å². The summed E-state index contributed by atoms with van der Waals surface area (Å²) in [7, 11) is 0. The van der Waals surface area contributed by atoms with Crippen molar-refractivity contribution in [2.75, 3.05) is 6.54 Å². The van der Waals surface area contributed by atoms with Gasteiger partial charge in [-0.2, -0.15) is 0 Å². The molecule has 0 radical (unpaired) electrons. The molecule has 0 bridgehead atoms. The number of hydrogen-bond acceptors (Lipinski definition) is 5. The molecule has 1 atom stereocenters. The molecule has 1 fully saturated rings. The Kier molecular flexibility index (Phi) is 6.46. The Labute approximate surface area is 169 Å². The van der Waals surface area contributed by atoms with E-state index in [1.165, 1.54) is 4.90 Å². The Morgan fingerprint density at radius 1 is 1.32 bits per heavy atom. The van der Waals surface area contributed by atoms with E-state index in [9.17, 15) is 19.2 Å². The molecule has 152 valence electrons. The van der Waals surface area contributed by atoms with E-state index < -0.39 is 17.5 Å². The lowest BCUT2D eigenvalue weighted by Crippen LogP contribution is -2.52. The molecule has 0 spiro atoms. The summed E-state index contributed by atoms with van der Waals surface area (Å²) >= 11 is 0. The quantitative estimate of drug-likeness (QED) is 0.620. The summed E-state index contributed by atoms with van der Waals surface area (Å²) < 4.78 is 0. The van der Waals surface area contributed by atoms with Gasteiger partial charge in [0.25, 0.3) is 11.8 Å². The standard InChI is InChI=1S/C19H24N4O4.ClH/c1-19(2,7-8-20)22-16(25)11-3-4-13-12(9-11)10-23(18(13)27)14-5-6-15(24)21-17(14)26;/h3-4,9,14H,5-8,10,20H2,1-2H3,(H,22,25)(H,21,24,26);1H. The summed E-state index contributed by atoms with van der Waals surface area (Å²) in [6.07, 6.45) is 1.16. The van der Waals surface area contributed by atoms with E-state index in [0.29, 0.717) is 36.1 Å². The number of halogens is 1. The van der Waals surface area contributed by atoms with Crippen molar-refractivity contribution >= 4 is 36.0 Å². The van der Waals surface area contributed by atoms with E-state index in [2.05, 4.69) is 10.6 Å². The second kappa shape index (κ2) is 8.28. The highest BCUT2D eigenvalue weighted by atomic mass is 35.5. The third-order valence-corrected chi connectivity index (χ3v) is 5.01.